The van der Waals surface area contributed by atoms with Crippen LogP contribution in [-0.4, -0.2) is 13.2 Å². The molecule has 0 aromatic heterocycles. The first-order chi connectivity index (χ1) is 8.66. The Morgan fingerprint density at radius 2 is 1.74 bits per heavy atom. The Morgan fingerprint density at radius 1 is 1.16 bits per heavy atom. The van der Waals surface area contributed by atoms with Crippen LogP contribution in [0, 0.1) is 11.3 Å². The zero-order valence-corrected chi connectivity index (χ0v) is 11.4. The molecule has 1 rings (SSSR count). The summed E-state index contributed by atoms with van der Waals surface area (Å²) in [5, 5.41) is 0. The van der Waals surface area contributed by atoms with E-state index in [1.165, 1.54) is 18.2 Å². The number of rotatable bonds is 4. The molecule has 1 aromatic rings. The van der Waals surface area contributed by atoms with E-state index in [0.717, 1.165) is 6.07 Å². The smallest absolute Gasteiger partial charge is 0.419 e. The number of para-hydroxylation sites is 1. The predicted molar refractivity (Wildman–Crippen MR) is 68.9 cm³/mol. The lowest BCUT2D eigenvalue weighted by Gasteiger charge is -2.29. The van der Waals surface area contributed by atoms with Crippen molar-refractivity contribution in [2.24, 2.45) is 17.1 Å². The molecular formula is C14H20F3NO. The number of benzene rings is 1. The number of ether oxygens (including phenoxy) is 1. The molecule has 2 N–H and O–H groups in total. The van der Waals surface area contributed by atoms with Crippen molar-refractivity contribution in [3.8, 4) is 5.75 Å². The number of hydrogen-bond donors (Lipinski definition) is 1. The largest absolute Gasteiger partial charge is 0.493 e. The van der Waals surface area contributed by atoms with Crippen LogP contribution in [0.15, 0.2) is 24.3 Å². The molecule has 0 heterocycles. The maximum atomic E-state index is 12.8. The van der Waals surface area contributed by atoms with Crippen molar-refractivity contribution in [2.45, 2.75) is 26.9 Å². The highest BCUT2D eigenvalue weighted by Gasteiger charge is 2.34. The van der Waals surface area contributed by atoms with E-state index < -0.39 is 11.7 Å². The molecule has 1 unspecified atom stereocenters. The lowest BCUT2D eigenvalue weighted by Crippen LogP contribution is -2.33. The summed E-state index contributed by atoms with van der Waals surface area (Å²) >= 11 is 0. The van der Waals surface area contributed by atoms with Crippen molar-refractivity contribution in [1.29, 1.82) is 0 Å². The lowest BCUT2D eigenvalue weighted by atomic mass is 9.81. The lowest BCUT2D eigenvalue weighted by molar-refractivity contribution is -0.139. The van der Waals surface area contributed by atoms with Gasteiger partial charge in [-0.1, -0.05) is 32.9 Å². The summed E-state index contributed by atoms with van der Waals surface area (Å²) < 4.78 is 43.7. The van der Waals surface area contributed by atoms with Crippen LogP contribution in [0.1, 0.15) is 26.3 Å². The molecule has 5 heteroatoms. The van der Waals surface area contributed by atoms with E-state index in [2.05, 4.69) is 0 Å². The van der Waals surface area contributed by atoms with Gasteiger partial charge in [-0.15, -0.1) is 0 Å². The molecule has 0 aliphatic carbocycles. The summed E-state index contributed by atoms with van der Waals surface area (Å²) in [6.07, 6.45) is -4.41. The van der Waals surface area contributed by atoms with E-state index in [-0.39, 0.29) is 23.7 Å². The minimum Gasteiger partial charge on any atom is -0.493 e. The molecule has 2 nitrogen and oxygen atoms in total. The van der Waals surface area contributed by atoms with Gasteiger partial charge in [0.1, 0.15) is 5.75 Å². The van der Waals surface area contributed by atoms with Gasteiger partial charge in [0.05, 0.1) is 12.2 Å². The molecule has 108 valence electrons. The minimum absolute atomic E-state index is 0.00575. The van der Waals surface area contributed by atoms with Gasteiger partial charge < -0.3 is 10.5 Å². The Labute approximate surface area is 111 Å². The summed E-state index contributed by atoms with van der Waals surface area (Å²) in [4.78, 5) is 0. The van der Waals surface area contributed by atoms with Crippen molar-refractivity contribution in [3.05, 3.63) is 29.8 Å². The van der Waals surface area contributed by atoms with E-state index in [1.54, 1.807) is 0 Å². The summed E-state index contributed by atoms with van der Waals surface area (Å²) in [6, 6.07) is 5.22. The molecule has 0 spiro atoms. The van der Waals surface area contributed by atoms with Crippen LogP contribution < -0.4 is 10.5 Å². The van der Waals surface area contributed by atoms with Gasteiger partial charge in [0.15, 0.2) is 0 Å². The quantitative estimate of drug-likeness (QED) is 0.909. The fourth-order valence-corrected chi connectivity index (χ4v) is 1.69. The fourth-order valence-electron chi connectivity index (χ4n) is 1.69. The van der Waals surface area contributed by atoms with Gasteiger partial charge in [-0.25, -0.2) is 0 Å². The van der Waals surface area contributed by atoms with Gasteiger partial charge in [-0.05, 0) is 24.1 Å². The zero-order chi connectivity index (χ0) is 14.7. The van der Waals surface area contributed by atoms with Gasteiger partial charge in [0.25, 0.3) is 0 Å². The zero-order valence-electron chi connectivity index (χ0n) is 11.4. The van der Waals surface area contributed by atoms with Crippen LogP contribution in [0.5, 0.6) is 5.75 Å². The van der Waals surface area contributed by atoms with Crippen LogP contribution in [-0.2, 0) is 6.18 Å². The van der Waals surface area contributed by atoms with Crippen molar-refractivity contribution in [3.63, 3.8) is 0 Å². The molecule has 0 aliphatic rings. The first kappa shape index (κ1) is 15.8. The van der Waals surface area contributed by atoms with E-state index >= 15 is 0 Å². The first-order valence-electron chi connectivity index (χ1n) is 6.15. The highest BCUT2D eigenvalue weighted by molar-refractivity contribution is 5.35. The average Bonchev–Trinajstić information content (AvgIpc) is 2.27. The van der Waals surface area contributed by atoms with Crippen LogP contribution in [0.25, 0.3) is 0 Å². The maximum Gasteiger partial charge on any atom is 0.419 e. The molecule has 0 bridgehead atoms. The maximum absolute atomic E-state index is 12.8. The molecule has 0 saturated carbocycles. The van der Waals surface area contributed by atoms with E-state index in [4.69, 9.17) is 10.5 Å². The standard InChI is InChI=1S/C14H20F3NO/c1-13(2,3)10(8-18)9-19-12-7-5-4-6-11(12)14(15,16)17/h4-7,10H,8-9,18H2,1-3H3. The van der Waals surface area contributed by atoms with E-state index in [0.29, 0.717) is 6.54 Å². The Morgan fingerprint density at radius 3 is 2.21 bits per heavy atom. The first-order valence-corrected chi connectivity index (χ1v) is 6.15. The third-order valence-corrected chi connectivity index (χ3v) is 3.14. The Bertz CT molecular complexity index is 410. The van der Waals surface area contributed by atoms with Crippen molar-refractivity contribution >= 4 is 0 Å². The number of halogens is 3. The van der Waals surface area contributed by atoms with Gasteiger partial charge in [0.2, 0.25) is 0 Å². The van der Waals surface area contributed by atoms with Crippen LogP contribution in [0.2, 0.25) is 0 Å². The second kappa shape index (κ2) is 5.82. The molecule has 0 radical (unpaired) electrons. The SMILES string of the molecule is CC(C)(C)C(CN)COc1ccccc1C(F)(F)F. The Hall–Kier alpha value is -1.23. The average molecular weight is 275 g/mol. The van der Waals surface area contributed by atoms with Crippen LogP contribution in [0.4, 0.5) is 13.2 Å². The van der Waals surface area contributed by atoms with Crippen molar-refractivity contribution in [2.75, 3.05) is 13.2 Å². The van der Waals surface area contributed by atoms with Gasteiger partial charge in [-0.3, -0.25) is 0 Å². The second-order valence-corrected chi connectivity index (χ2v) is 5.60. The molecule has 0 fully saturated rings. The van der Waals surface area contributed by atoms with Gasteiger partial charge in [0, 0.05) is 5.92 Å². The molecule has 1 atom stereocenters. The Kier molecular flexibility index (Phi) is 4.85. The van der Waals surface area contributed by atoms with Gasteiger partial charge in [-0.2, -0.15) is 13.2 Å². The van der Waals surface area contributed by atoms with Crippen LogP contribution in [0.3, 0.4) is 0 Å². The fraction of sp³-hybridized carbons (Fsp3) is 0.571. The van der Waals surface area contributed by atoms with E-state index in [1.807, 2.05) is 20.8 Å². The van der Waals surface area contributed by atoms with Crippen LogP contribution >= 0.6 is 0 Å². The predicted octanol–water partition coefficient (Wildman–Crippen LogP) is 3.71. The Balaban J connectivity index is 2.84. The summed E-state index contributed by atoms with van der Waals surface area (Å²) in [5.74, 6) is -0.147. The number of hydrogen-bond acceptors (Lipinski definition) is 2. The highest BCUT2D eigenvalue weighted by atomic mass is 19.4. The summed E-state index contributed by atoms with van der Waals surface area (Å²) in [6.45, 7) is 6.52. The molecule has 0 amide bonds. The summed E-state index contributed by atoms with van der Waals surface area (Å²) in [5.41, 5.74) is 4.79. The third kappa shape index (κ3) is 4.42. The number of alkyl halides is 3. The summed E-state index contributed by atoms with van der Waals surface area (Å²) in [7, 11) is 0. The molecular weight excluding hydrogens is 255 g/mol. The van der Waals surface area contributed by atoms with E-state index in [9.17, 15) is 13.2 Å². The molecule has 19 heavy (non-hydrogen) atoms. The minimum atomic E-state index is -4.41. The molecule has 0 aliphatic heterocycles. The molecule has 1 aromatic carbocycles. The highest BCUT2D eigenvalue weighted by Crippen LogP contribution is 2.36. The second-order valence-electron chi connectivity index (χ2n) is 5.60. The third-order valence-electron chi connectivity index (χ3n) is 3.14. The van der Waals surface area contributed by atoms with Crippen molar-refractivity contribution in [1.82, 2.24) is 0 Å². The van der Waals surface area contributed by atoms with Gasteiger partial charge >= 0.3 is 6.18 Å². The molecule has 0 saturated heterocycles. The topological polar surface area (TPSA) is 35.2 Å². The number of nitrogens with two attached hydrogens (primary N) is 1. The normalized spacial score (nSPS) is 14.3. The monoisotopic (exact) mass is 275 g/mol. The van der Waals surface area contributed by atoms with Crippen molar-refractivity contribution < 1.29 is 17.9 Å².